The molecule has 0 bridgehead atoms. The molecule has 0 aliphatic heterocycles. The maximum atomic E-state index is 12.6. The summed E-state index contributed by atoms with van der Waals surface area (Å²) in [6.45, 7) is 5.47. The van der Waals surface area contributed by atoms with Gasteiger partial charge in [0.2, 0.25) is 0 Å². The van der Waals surface area contributed by atoms with Crippen molar-refractivity contribution in [3.63, 3.8) is 0 Å². The van der Waals surface area contributed by atoms with Gasteiger partial charge in [0, 0.05) is 12.6 Å². The van der Waals surface area contributed by atoms with Gasteiger partial charge in [0.05, 0.1) is 16.8 Å². The topological polar surface area (TPSA) is 57.2 Å². The van der Waals surface area contributed by atoms with E-state index >= 15 is 0 Å². The second-order valence-corrected chi connectivity index (χ2v) is 4.71. The summed E-state index contributed by atoms with van der Waals surface area (Å²) in [6.07, 6.45) is 0. The molecule has 0 fully saturated rings. The number of anilines is 1. The van der Waals surface area contributed by atoms with E-state index in [4.69, 9.17) is 9.68 Å². The minimum absolute atomic E-state index is 0.167. The molecule has 4 nitrogen and oxygen atoms in total. The monoisotopic (exact) mass is 268 g/mol. The van der Waals surface area contributed by atoms with Crippen molar-refractivity contribution in [1.29, 1.82) is 5.26 Å². The van der Waals surface area contributed by atoms with Crippen LogP contribution in [0.1, 0.15) is 33.0 Å². The average molecular weight is 268 g/mol. The van der Waals surface area contributed by atoms with Crippen LogP contribution in [-0.4, -0.2) is 13.0 Å². The van der Waals surface area contributed by atoms with Crippen LogP contribution in [0.3, 0.4) is 0 Å². The summed E-state index contributed by atoms with van der Waals surface area (Å²) in [5.74, 6) is 1.18. The number of carbonyl (C=O) groups is 1. The number of benzene rings is 1. The molecule has 4 heteroatoms. The molecule has 0 saturated heterocycles. The Kier molecular flexibility index (Phi) is 3.62. The number of amides is 1. The summed E-state index contributed by atoms with van der Waals surface area (Å²) >= 11 is 0. The van der Waals surface area contributed by atoms with E-state index in [-0.39, 0.29) is 5.91 Å². The summed E-state index contributed by atoms with van der Waals surface area (Å²) in [5, 5.41) is 9.13. The molecule has 0 aliphatic rings. The summed E-state index contributed by atoms with van der Waals surface area (Å²) in [7, 11) is 1.67. The fourth-order valence-electron chi connectivity index (χ4n) is 2.25. The van der Waals surface area contributed by atoms with Crippen molar-refractivity contribution in [2.24, 2.45) is 0 Å². The van der Waals surface area contributed by atoms with Crippen LogP contribution in [0.15, 0.2) is 28.7 Å². The van der Waals surface area contributed by atoms with Gasteiger partial charge in [-0.3, -0.25) is 4.79 Å². The van der Waals surface area contributed by atoms with Crippen molar-refractivity contribution in [1.82, 2.24) is 0 Å². The lowest BCUT2D eigenvalue weighted by atomic mass is 10.1. The van der Waals surface area contributed by atoms with Crippen LogP contribution in [0.4, 0.5) is 5.69 Å². The van der Waals surface area contributed by atoms with Crippen LogP contribution in [0.25, 0.3) is 0 Å². The number of hydrogen-bond donors (Lipinski definition) is 0. The van der Waals surface area contributed by atoms with E-state index in [9.17, 15) is 4.79 Å². The van der Waals surface area contributed by atoms with Gasteiger partial charge in [-0.05, 0) is 32.9 Å². The lowest BCUT2D eigenvalue weighted by Gasteiger charge is -2.18. The molecule has 1 amide bonds. The van der Waals surface area contributed by atoms with Crippen LogP contribution in [0.5, 0.6) is 0 Å². The van der Waals surface area contributed by atoms with Gasteiger partial charge in [-0.2, -0.15) is 5.26 Å². The Morgan fingerprint density at radius 1 is 1.20 bits per heavy atom. The number of rotatable bonds is 2. The Balaban J connectivity index is 2.46. The Hall–Kier alpha value is -2.54. The van der Waals surface area contributed by atoms with Crippen molar-refractivity contribution >= 4 is 11.6 Å². The number of carbonyl (C=O) groups excluding carboxylic acids is 1. The zero-order chi connectivity index (χ0) is 14.9. The van der Waals surface area contributed by atoms with E-state index < -0.39 is 0 Å². The summed E-state index contributed by atoms with van der Waals surface area (Å²) in [4.78, 5) is 14.1. The van der Waals surface area contributed by atoms with Gasteiger partial charge in [-0.1, -0.05) is 12.1 Å². The largest absolute Gasteiger partial charge is 0.466 e. The summed E-state index contributed by atoms with van der Waals surface area (Å²) < 4.78 is 5.50. The number of para-hydroxylation sites is 1. The summed E-state index contributed by atoms with van der Waals surface area (Å²) in [5.41, 5.74) is 2.48. The number of nitrogens with zero attached hydrogens (tertiary/aromatic N) is 2. The first kappa shape index (κ1) is 13.9. The van der Waals surface area contributed by atoms with Gasteiger partial charge in [0.15, 0.2) is 0 Å². The molecule has 0 unspecified atom stereocenters. The van der Waals surface area contributed by atoms with Gasteiger partial charge in [-0.15, -0.1) is 0 Å². The second-order valence-electron chi connectivity index (χ2n) is 4.71. The SMILES string of the molecule is Cc1oc(C)c(C(=O)N(C)c2ccccc2C#N)c1C. The zero-order valence-electron chi connectivity index (χ0n) is 12.0. The van der Waals surface area contributed by atoms with Crippen molar-refractivity contribution in [2.75, 3.05) is 11.9 Å². The Bertz CT molecular complexity index is 708. The minimum atomic E-state index is -0.167. The van der Waals surface area contributed by atoms with Gasteiger partial charge < -0.3 is 9.32 Å². The van der Waals surface area contributed by atoms with Crippen molar-refractivity contribution in [2.45, 2.75) is 20.8 Å². The smallest absolute Gasteiger partial charge is 0.261 e. The number of furan rings is 1. The van der Waals surface area contributed by atoms with E-state index in [0.29, 0.717) is 22.6 Å². The standard InChI is InChI=1S/C16H16N2O2/c1-10-11(2)20-12(3)15(10)16(19)18(4)14-8-6-5-7-13(14)9-17/h5-8H,1-4H3. The Morgan fingerprint density at radius 2 is 1.85 bits per heavy atom. The quantitative estimate of drug-likeness (QED) is 0.839. The third-order valence-electron chi connectivity index (χ3n) is 3.47. The molecule has 0 aliphatic carbocycles. The van der Waals surface area contributed by atoms with E-state index in [1.54, 1.807) is 38.2 Å². The summed E-state index contributed by atoms with van der Waals surface area (Å²) in [6, 6.07) is 9.13. The minimum Gasteiger partial charge on any atom is -0.466 e. The van der Waals surface area contributed by atoms with Crippen molar-refractivity contribution in [3.05, 3.63) is 52.5 Å². The molecule has 1 aromatic heterocycles. The molecule has 0 atom stereocenters. The van der Waals surface area contributed by atoms with E-state index in [1.165, 1.54) is 4.90 Å². The molecule has 0 N–H and O–H groups in total. The fourth-order valence-corrected chi connectivity index (χ4v) is 2.25. The first-order chi connectivity index (χ1) is 9.47. The van der Waals surface area contributed by atoms with Crippen LogP contribution in [0, 0.1) is 32.1 Å². The fraction of sp³-hybridized carbons (Fsp3) is 0.250. The van der Waals surface area contributed by atoms with Crippen molar-refractivity contribution in [3.8, 4) is 6.07 Å². The number of hydrogen-bond acceptors (Lipinski definition) is 3. The van der Waals surface area contributed by atoms with Crippen LogP contribution in [0.2, 0.25) is 0 Å². The zero-order valence-corrected chi connectivity index (χ0v) is 12.0. The first-order valence-electron chi connectivity index (χ1n) is 6.31. The number of nitriles is 1. The lowest BCUT2D eigenvalue weighted by molar-refractivity contribution is 0.0991. The van der Waals surface area contributed by atoms with Gasteiger partial charge in [-0.25, -0.2) is 0 Å². The number of aryl methyl sites for hydroxylation is 2. The van der Waals surface area contributed by atoms with E-state index in [2.05, 4.69) is 6.07 Å². The highest BCUT2D eigenvalue weighted by atomic mass is 16.3. The predicted molar refractivity (Wildman–Crippen MR) is 76.8 cm³/mol. The van der Waals surface area contributed by atoms with Crippen LogP contribution in [-0.2, 0) is 0 Å². The predicted octanol–water partition coefficient (Wildman–Crippen LogP) is 3.35. The highest BCUT2D eigenvalue weighted by Gasteiger charge is 2.23. The first-order valence-corrected chi connectivity index (χ1v) is 6.31. The third kappa shape index (κ3) is 2.19. The molecule has 102 valence electrons. The van der Waals surface area contributed by atoms with E-state index in [0.717, 1.165) is 11.3 Å². The molecule has 20 heavy (non-hydrogen) atoms. The Labute approximate surface area is 118 Å². The molecule has 2 rings (SSSR count). The maximum Gasteiger partial charge on any atom is 0.261 e. The van der Waals surface area contributed by atoms with Crippen LogP contribution < -0.4 is 4.90 Å². The molecule has 0 radical (unpaired) electrons. The maximum absolute atomic E-state index is 12.6. The molecule has 0 saturated carbocycles. The molecule has 1 aromatic carbocycles. The molecule has 2 aromatic rings. The molecular formula is C16H16N2O2. The highest BCUT2D eigenvalue weighted by Crippen LogP contribution is 2.25. The third-order valence-corrected chi connectivity index (χ3v) is 3.47. The van der Waals surface area contributed by atoms with Crippen LogP contribution >= 0.6 is 0 Å². The van der Waals surface area contributed by atoms with Gasteiger partial charge >= 0.3 is 0 Å². The average Bonchev–Trinajstić information content (AvgIpc) is 2.70. The molecular weight excluding hydrogens is 252 g/mol. The molecule has 1 heterocycles. The molecule has 0 spiro atoms. The highest BCUT2D eigenvalue weighted by molar-refractivity contribution is 6.08. The second kappa shape index (κ2) is 5.22. The van der Waals surface area contributed by atoms with Crippen molar-refractivity contribution < 1.29 is 9.21 Å². The Morgan fingerprint density at radius 3 is 2.40 bits per heavy atom. The normalized spacial score (nSPS) is 10.2. The van der Waals surface area contributed by atoms with Gasteiger partial charge in [0.1, 0.15) is 17.6 Å². The lowest BCUT2D eigenvalue weighted by Crippen LogP contribution is -2.27. The van der Waals surface area contributed by atoms with Gasteiger partial charge in [0.25, 0.3) is 5.91 Å². The van der Waals surface area contributed by atoms with E-state index in [1.807, 2.05) is 13.8 Å².